The summed E-state index contributed by atoms with van der Waals surface area (Å²) in [6, 6.07) is 1.89. The van der Waals surface area contributed by atoms with Gasteiger partial charge in [0.1, 0.15) is 4.88 Å². The lowest BCUT2D eigenvalue weighted by molar-refractivity contribution is 0.0701. The summed E-state index contributed by atoms with van der Waals surface area (Å²) >= 11 is 3.03. The second-order valence-electron chi connectivity index (χ2n) is 2.98. The molecule has 0 fully saturated rings. The van der Waals surface area contributed by atoms with Crippen molar-refractivity contribution in [3.05, 3.63) is 21.9 Å². The lowest BCUT2D eigenvalue weighted by atomic mass is 10.3. The third kappa shape index (κ3) is 4.24. The van der Waals surface area contributed by atoms with Crippen LogP contribution in [0.2, 0.25) is 0 Å². The third-order valence-corrected chi connectivity index (χ3v) is 3.87. The molecule has 0 aromatic carbocycles. The van der Waals surface area contributed by atoms with E-state index >= 15 is 0 Å². The molecule has 0 spiro atoms. The monoisotopic (exact) mass is 246 g/mol. The van der Waals surface area contributed by atoms with Crippen LogP contribution in [-0.2, 0) is 10.5 Å². The number of carbonyl (C=O) groups is 1. The van der Waals surface area contributed by atoms with Gasteiger partial charge < -0.3 is 9.84 Å². The molecule has 0 aliphatic heterocycles. The van der Waals surface area contributed by atoms with Gasteiger partial charge in [-0.25, -0.2) is 4.79 Å². The van der Waals surface area contributed by atoms with Gasteiger partial charge in [-0.05, 0) is 29.2 Å². The van der Waals surface area contributed by atoms with Crippen LogP contribution in [0.1, 0.15) is 21.7 Å². The van der Waals surface area contributed by atoms with Gasteiger partial charge >= 0.3 is 5.97 Å². The number of hydrogen-bond acceptors (Lipinski definition) is 4. The smallest absolute Gasteiger partial charge is 0.346 e. The number of hydrogen-bond donors (Lipinski definition) is 1. The first-order valence-corrected chi connectivity index (χ1v) is 6.65. The Labute approximate surface area is 97.5 Å². The van der Waals surface area contributed by atoms with Crippen LogP contribution in [0, 0.1) is 0 Å². The number of rotatable bonds is 7. The third-order valence-electron chi connectivity index (χ3n) is 1.84. The summed E-state index contributed by atoms with van der Waals surface area (Å²) < 4.78 is 4.94. The Bertz CT molecular complexity index is 309. The van der Waals surface area contributed by atoms with Crippen LogP contribution in [-0.4, -0.2) is 30.5 Å². The topological polar surface area (TPSA) is 46.5 Å². The van der Waals surface area contributed by atoms with Crippen LogP contribution in [0.15, 0.2) is 11.4 Å². The molecule has 1 heterocycles. The van der Waals surface area contributed by atoms with Crippen molar-refractivity contribution in [1.29, 1.82) is 0 Å². The van der Waals surface area contributed by atoms with Gasteiger partial charge in [0.25, 0.3) is 0 Å². The molecule has 0 atom stereocenters. The molecule has 0 aliphatic carbocycles. The Morgan fingerprint density at radius 1 is 1.67 bits per heavy atom. The minimum atomic E-state index is -0.822. The van der Waals surface area contributed by atoms with E-state index < -0.39 is 5.97 Å². The molecule has 0 amide bonds. The number of methoxy groups -OCH3 is 1. The summed E-state index contributed by atoms with van der Waals surface area (Å²) in [6.07, 6.45) is 1.01. The highest BCUT2D eigenvalue weighted by atomic mass is 32.2. The van der Waals surface area contributed by atoms with Gasteiger partial charge in [-0.3, -0.25) is 0 Å². The van der Waals surface area contributed by atoms with E-state index in [1.54, 1.807) is 18.9 Å². The molecule has 5 heteroatoms. The van der Waals surface area contributed by atoms with Gasteiger partial charge in [-0.1, -0.05) is 0 Å². The van der Waals surface area contributed by atoms with E-state index in [9.17, 15) is 4.79 Å². The Balaban J connectivity index is 2.31. The molecule has 15 heavy (non-hydrogen) atoms. The fourth-order valence-corrected chi connectivity index (χ4v) is 2.90. The molecule has 0 bridgehead atoms. The summed E-state index contributed by atoms with van der Waals surface area (Å²) in [5, 5.41) is 10.7. The number of carboxylic acids is 1. The van der Waals surface area contributed by atoms with Crippen LogP contribution in [0.4, 0.5) is 0 Å². The summed E-state index contributed by atoms with van der Waals surface area (Å²) in [5.41, 5.74) is 0.926. The molecule has 0 saturated heterocycles. The van der Waals surface area contributed by atoms with Crippen LogP contribution < -0.4 is 0 Å². The lowest BCUT2D eigenvalue weighted by Crippen LogP contribution is -1.97. The molecular weight excluding hydrogens is 232 g/mol. The van der Waals surface area contributed by atoms with E-state index in [-0.39, 0.29) is 0 Å². The predicted octanol–water partition coefficient (Wildman–Crippen LogP) is 2.72. The van der Waals surface area contributed by atoms with Gasteiger partial charge in [0.2, 0.25) is 0 Å². The largest absolute Gasteiger partial charge is 0.477 e. The Hall–Kier alpha value is -0.520. The molecule has 1 aromatic rings. The summed E-state index contributed by atoms with van der Waals surface area (Å²) in [7, 11) is 1.69. The van der Waals surface area contributed by atoms with Crippen molar-refractivity contribution >= 4 is 29.1 Å². The second-order valence-corrected chi connectivity index (χ2v) is 5.00. The van der Waals surface area contributed by atoms with Crippen molar-refractivity contribution in [2.75, 3.05) is 19.5 Å². The zero-order chi connectivity index (χ0) is 11.1. The molecule has 1 aromatic heterocycles. The standard InChI is InChI=1S/C10H14O3S2/c1-13-4-2-5-14-7-8-3-6-15-9(8)10(11)12/h3,6H,2,4-5,7H2,1H3,(H,11,12). The fraction of sp³-hybridized carbons (Fsp3) is 0.500. The van der Waals surface area contributed by atoms with Gasteiger partial charge in [0.05, 0.1) is 0 Å². The zero-order valence-electron chi connectivity index (χ0n) is 8.56. The average Bonchev–Trinajstić information content (AvgIpc) is 2.66. The molecular formula is C10H14O3S2. The minimum Gasteiger partial charge on any atom is -0.477 e. The number of carboxylic acid groups (broad SMARTS) is 1. The van der Waals surface area contributed by atoms with E-state index in [4.69, 9.17) is 9.84 Å². The van der Waals surface area contributed by atoms with Crippen LogP contribution in [0.3, 0.4) is 0 Å². The van der Waals surface area contributed by atoms with Gasteiger partial charge in [0.15, 0.2) is 0 Å². The van der Waals surface area contributed by atoms with Crippen LogP contribution in [0.5, 0.6) is 0 Å². The van der Waals surface area contributed by atoms with Gasteiger partial charge in [-0.2, -0.15) is 11.8 Å². The van der Waals surface area contributed by atoms with Crippen molar-refractivity contribution < 1.29 is 14.6 Å². The van der Waals surface area contributed by atoms with Gasteiger partial charge in [-0.15, -0.1) is 11.3 Å². The van der Waals surface area contributed by atoms with Crippen molar-refractivity contribution in [1.82, 2.24) is 0 Å². The van der Waals surface area contributed by atoms with E-state index in [1.807, 2.05) is 11.4 Å². The maximum Gasteiger partial charge on any atom is 0.346 e. The first-order valence-electron chi connectivity index (χ1n) is 4.62. The van der Waals surface area contributed by atoms with Crippen molar-refractivity contribution in [2.45, 2.75) is 12.2 Å². The Morgan fingerprint density at radius 2 is 2.47 bits per heavy atom. The number of aromatic carboxylic acids is 1. The van der Waals surface area contributed by atoms with E-state index in [0.717, 1.165) is 30.1 Å². The molecule has 0 saturated carbocycles. The molecule has 0 radical (unpaired) electrons. The molecule has 0 unspecified atom stereocenters. The minimum absolute atomic E-state index is 0.467. The molecule has 84 valence electrons. The number of thioether (sulfide) groups is 1. The average molecular weight is 246 g/mol. The molecule has 1 N–H and O–H groups in total. The molecule has 3 nitrogen and oxygen atoms in total. The highest BCUT2D eigenvalue weighted by Gasteiger charge is 2.10. The zero-order valence-corrected chi connectivity index (χ0v) is 10.2. The molecule has 0 aliphatic rings. The number of thiophene rings is 1. The highest BCUT2D eigenvalue weighted by Crippen LogP contribution is 2.22. The van der Waals surface area contributed by atoms with E-state index in [0.29, 0.717) is 4.88 Å². The quantitative estimate of drug-likeness (QED) is 0.751. The first-order chi connectivity index (χ1) is 7.25. The molecule has 1 rings (SSSR count). The summed E-state index contributed by atoms with van der Waals surface area (Å²) in [4.78, 5) is 11.3. The normalized spacial score (nSPS) is 10.5. The predicted molar refractivity (Wildman–Crippen MR) is 63.9 cm³/mol. The Kier molecular flexibility index (Phi) is 5.75. The highest BCUT2D eigenvalue weighted by molar-refractivity contribution is 7.98. The Morgan fingerprint density at radius 3 is 3.13 bits per heavy atom. The number of ether oxygens (including phenoxy) is 1. The van der Waals surface area contributed by atoms with E-state index in [1.165, 1.54) is 11.3 Å². The summed E-state index contributed by atoms with van der Waals surface area (Å²) in [5.74, 6) is 0.954. The summed E-state index contributed by atoms with van der Waals surface area (Å²) in [6.45, 7) is 0.766. The van der Waals surface area contributed by atoms with Crippen molar-refractivity contribution in [3.8, 4) is 0 Å². The fourth-order valence-electron chi connectivity index (χ4n) is 1.12. The van der Waals surface area contributed by atoms with Crippen LogP contribution >= 0.6 is 23.1 Å². The lowest BCUT2D eigenvalue weighted by Gasteiger charge is -2.01. The maximum atomic E-state index is 10.8. The first kappa shape index (κ1) is 12.5. The maximum absolute atomic E-state index is 10.8. The van der Waals surface area contributed by atoms with Crippen molar-refractivity contribution in [2.24, 2.45) is 0 Å². The second kappa shape index (κ2) is 6.87. The van der Waals surface area contributed by atoms with Crippen LogP contribution in [0.25, 0.3) is 0 Å². The van der Waals surface area contributed by atoms with Crippen molar-refractivity contribution in [3.63, 3.8) is 0 Å². The van der Waals surface area contributed by atoms with E-state index in [2.05, 4.69) is 0 Å². The van der Waals surface area contributed by atoms with Gasteiger partial charge in [0, 0.05) is 19.5 Å². The SMILES string of the molecule is COCCCSCc1ccsc1C(=O)O.